The standard InChI is InChI=1S/C11H13BrO5/c1-15-8-2-6(10(14)7(13)4-12)3-9-11(8)17-5-16-9/h2-3,7,10,13-14H,4-5H2,1H3. The molecule has 5 nitrogen and oxygen atoms in total. The maximum Gasteiger partial charge on any atom is 0.231 e. The molecular formula is C11H13BrO5. The molecule has 2 rings (SSSR count). The van der Waals surface area contributed by atoms with Crippen molar-refractivity contribution in [1.29, 1.82) is 0 Å². The number of alkyl halides is 1. The van der Waals surface area contributed by atoms with E-state index in [2.05, 4.69) is 15.9 Å². The van der Waals surface area contributed by atoms with Crippen LogP contribution in [0.3, 0.4) is 0 Å². The first kappa shape index (κ1) is 12.5. The number of methoxy groups -OCH3 is 1. The monoisotopic (exact) mass is 304 g/mol. The van der Waals surface area contributed by atoms with E-state index in [1.807, 2.05) is 0 Å². The third-order valence-electron chi connectivity index (χ3n) is 2.54. The minimum Gasteiger partial charge on any atom is -0.493 e. The fraction of sp³-hybridized carbons (Fsp3) is 0.455. The van der Waals surface area contributed by atoms with E-state index in [9.17, 15) is 10.2 Å². The van der Waals surface area contributed by atoms with Crippen LogP contribution in [0.5, 0.6) is 17.2 Å². The zero-order valence-corrected chi connectivity index (χ0v) is 10.8. The molecule has 1 aromatic carbocycles. The van der Waals surface area contributed by atoms with Crippen LogP contribution in [0.2, 0.25) is 0 Å². The van der Waals surface area contributed by atoms with Gasteiger partial charge in [-0.3, -0.25) is 0 Å². The number of halogens is 1. The molecule has 0 radical (unpaired) electrons. The first-order valence-electron chi connectivity index (χ1n) is 5.07. The number of rotatable bonds is 4. The molecule has 0 bridgehead atoms. The third kappa shape index (κ3) is 2.34. The van der Waals surface area contributed by atoms with Gasteiger partial charge in [0.05, 0.1) is 13.2 Å². The van der Waals surface area contributed by atoms with Crippen LogP contribution in [-0.4, -0.2) is 35.5 Å². The average molecular weight is 305 g/mol. The number of benzene rings is 1. The third-order valence-corrected chi connectivity index (χ3v) is 3.21. The lowest BCUT2D eigenvalue weighted by molar-refractivity contribution is 0.0340. The average Bonchev–Trinajstić information content (AvgIpc) is 2.83. The van der Waals surface area contributed by atoms with Crippen molar-refractivity contribution >= 4 is 15.9 Å². The van der Waals surface area contributed by atoms with E-state index in [4.69, 9.17) is 14.2 Å². The van der Waals surface area contributed by atoms with Crippen LogP contribution in [0.1, 0.15) is 11.7 Å². The van der Waals surface area contributed by atoms with E-state index in [0.717, 1.165) is 0 Å². The lowest BCUT2D eigenvalue weighted by atomic mass is 10.0. The molecule has 1 heterocycles. The maximum absolute atomic E-state index is 9.91. The minimum absolute atomic E-state index is 0.131. The van der Waals surface area contributed by atoms with Crippen LogP contribution < -0.4 is 14.2 Å². The van der Waals surface area contributed by atoms with Gasteiger partial charge < -0.3 is 24.4 Å². The van der Waals surface area contributed by atoms with E-state index >= 15 is 0 Å². The van der Waals surface area contributed by atoms with Crippen LogP contribution in [0.25, 0.3) is 0 Å². The number of ether oxygens (including phenoxy) is 3. The van der Waals surface area contributed by atoms with Crippen LogP contribution in [-0.2, 0) is 0 Å². The number of aliphatic hydroxyl groups excluding tert-OH is 2. The Bertz CT molecular complexity index is 409. The van der Waals surface area contributed by atoms with Crippen LogP contribution >= 0.6 is 15.9 Å². The first-order chi connectivity index (χ1) is 8.17. The van der Waals surface area contributed by atoms with Crippen molar-refractivity contribution in [2.75, 3.05) is 19.2 Å². The van der Waals surface area contributed by atoms with Crippen molar-refractivity contribution in [1.82, 2.24) is 0 Å². The van der Waals surface area contributed by atoms with Gasteiger partial charge in [0.25, 0.3) is 0 Å². The number of fused-ring (bicyclic) bond motifs is 1. The Morgan fingerprint density at radius 3 is 2.82 bits per heavy atom. The second-order valence-electron chi connectivity index (χ2n) is 3.62. The quantitative estimate of drug-likeness (QED) is 0.819. The molecule has 0 saturated heterocycles. The van der Waals surface area contributed by atoms with E-state index in [1.165, 1.54) is 7.11 Å². The molecule has 17 heavy (non-hydrogen) atoms. The second kappa shape index (κ2) is 5.12. The highest BCUT2D eigenvalue weighted by Crippen LogP contribution is 2.43. The molecule has 1 aliphatic heterocycles. The molecule has 0 spiro atoms. The van der Waals surface area contributed by atoms with Crippen LogP contribution in [0, 0.1) is 0 Å². The molecule has 1 aromatic rings. The largest absolute Gasteiger partial charge is 0.493 e. The van der Waals surface area contributed by atoms with Gasteiger partial charge in [-0.15, -0.1) is 0 Å². The molecule has 0 aromatic heterocycles. The number of aliphatic hydroxyl groups is 2. The molecule has 0 amide bonds. The molecule has 2 unspecified atom stereocenters. The predicted molar refractivity (Wildman–Crippen MR) is 63.9 cm³/mol. The molecule has 2 atom stereocenters. The van der Waals surface area contributed by atoms with Gasteiger partial charge in [0.2, 0.25) is 12.5 Å². The van der Waals surface area contributed by atoms with Gasteiger partial charge in [-0.25, -0.2) is 0 Å². The van der Waals surface area contributed by atoms with Crippen molar-refractivity contribution in [3.63, 3.8) is 0 Å². The number of hydrogen-bond donors (Lipinski definition) is 2. The summed E-state index contributed by atoms with van der Waals surface area (Å²) in [5.41, 5.74) is 0.526. The topological polar surface area (TPSA) is 68.2 Å². The summed E-state index contributed by atoms with van der Waals surface area (Å²) in [5.74, 6) is 1.52. The number of hydrogen-bond acceptors (Lipinski definition) is 5. The van der Waals surface area contributed by atoms with Gasteiger partial charge in [0, 0.05) is 5.33 Å². The predicted octanol–water partition coefficient (Wildman–Crippen LogP) is 1.21. The highest BCUT2D eigenvalue weighted by Gasteiger charge is 2.25. The van der Waals surface area contributed by atoms with Crippen molar-refractivity contribution in [2.45, 2.75) is 12.2 Å². The summed E-state index contributed by atoms with van der Waals surface area (Å²) in [4.78, 5) is 0. The van der Waals surface area contributed by atoms with E-state index in [1.54, 1.807) is 12.1 Å². The van der Waals surface area contributed by atoms with Gasteiger partial charge in [-0.1, -0.05) is 15.9 Å². The van der Waals surface area contributed by atoms with E-state index in [0.29, 0.717) is 22.8 Å². The Labute approximate surface area is 107 Å². The Balaban J connectivity index is 2.36. The van der Waals surface area contributed by atoms with Gasteiger partial charge >= 0.3 is 0 Å². The summed E-state index contributed by atoms with van der Waals surface area (Å²) < 4.78 is 15.6. The first-order valence-corrected chi connectivity index (χ1v) is 6.19. The Morgan fingerprint density at radius 1 is 1.41 bits per heavy atom. The lowest BCUT2D eigenvalue weighted by Gasteiger charge is -2.17. The zero-order valence-electron chi connectivity index (χ0n) is 9.22. The summed E-state index contributed by atoms with van der Waals surface area (Å²) >= 11 is 3.11. The Morgan fingerprint density at radius 2 is 2.18 bits per heavy atom. The fourth-order valence-corrected chi connectivity index (χ4v) is 1.98. The molecule has 0 fully saturated rings. The summed E-state index contributed by atoms with van der Waals surface area (Å²) in [5, 5.41) is 19.8. The second-order valence-corrected chi connectivity index (χ2v) is 4.27. The molecule has 1 aliphatic rings. The van der Waals surface area contributed by atoms with E-state index < -0.39 is 12.2 Å². The van der Waals surface area contributed by atoms with Crippen molar-refractivity contribution in [3.8, 4) is 17.2 Å². The maximum atomic E-state index is 9.91. The molecular weight excluding hydrogens is 292 g/mol. The van der Waals surface area contributed by atoms with Gasteiger partial charge in [-0.2, -0.15) is 0 Å². The summed E-state index contributed by atoms with van der Waals surface area (Å²) in [7, 11) is 1.51. The molecule has 94 valence electrons. The fourth-order valence-electron chi connectivity index (χ4n) is 1.63. The Hall–Kier alpha value is -0.980. The zero-order chi connectivity index (χ0) is 12.4. The van der Waals surface area contributed by atoms with Gasteiger partial charge in [-0.05, 0) is 17.7 Å². The van der Waals surface area contributed by atoms with Gasteiger partial charge in [0.15, 0.2) is 11.5 Å². The minimum atomic E-state index is -1.00. The van der Waals surface area contributed by atoms with Crippen molar-refractivity contribution in [2.24, 2.45) is 0 Å². The lowest BCUT2D eigenvalue weighted by Crippen LogP contribution is -2.19. The highest BCUT2D eigenvalue weighted by molar-refractivity contribution is 9.09. The molecule has 0 saturated carbocycles. The Kier molecular flexibility index (Phi) is 3.76. The van der Waals surface area contributed by atoms with Crippen molar-refractivity contribution in [3.05, 3.63) is 17.7 Å². The SMILES string of the molecule is COc1cc(C(O)C(O)CBr)cc2c1OCO2. The highest BCUT2D eigenvalue weighted by atomic mass is 79.9. The van der Waals surface area contributed by atoms with E-state index in [-0.39, 0.29) is 12.1 Å². The van der Waals surface area contributed by atoms with Crippen LogP contribution in [0.15, 0.2) is 12.1 Å². The van der Waals surface area contributed by atoms with Crippen molar-refractivity contribution < 1.29 is 24.4 Å². The van der Waals surface area contributed by atoms with Crippen LogP contribution in [0.4, 0.5) is 0 Å². The molecule has 2 N–H and O–H groups in total. The van der Waals surface area contributed by atoms with Gasteiger partial charge in [0.1, 0.15) is 6.10 Å². The summed E-state index contributed by atoms with van der Waals surface area (Å²) in [6.45, 7) is 0.131. The summed E-state index contributed by atoms with van der Waals surface area (Å²) in [6.07, 6.45) is -1.89. The molecule has 0 aliphatic carbocycles. The smallest absolute Gasteiger partial charge is 0.231 e. The normalized spacial score (nSPS) is 16.7. The summed E-state index contributed by atoms with van der Waals surface area (Å²) in [6, 6.07) is 3.27. The molecule has 6 heteroatoms.